The number of rotatable bonds is 4. The molecule has 0 aliphatic heterocycles. The minimum Gasteiger partial charge on any atom is -0.388 e. The maximum Gasteiger partial charge on any atom is 0.319 e. The van der Waals surface area contributed by atoms with Crippen LogP contribution in [0, 0.1) is 11.2 Å². The van der Waals surface area contributed by atoms with Gasteiger partial charge in [-0.05, 0) is 18.2 Å². The molecule has 0 saturated carbocycles. The van der Waals surface area contributed by atoms with Gasteiger partial charge in [-0.15, -0.1) is 0 Å². The second-order valence-corrected chi connectivity index (χ2v) is 3.17. The Morgan fingerprint density at radius 3 is 2.88 bits per heavy atom. The van der Waals surface area contributed by atoms with Crippen molar-refractivity contribution < 1.29 is 9.18 Å². The normalized spacial score (nSPS) is 9.56. The van der Waals surface area contributed by atoms with Crippen LogP contribution in [0.4, 0.5) is 14.9 Å². The quantitative estimate of drug-likeness (QED) is 0.458. The van der Waals surface area contributed by atoms with Crippen molar-refractivity contribution >= 4 is 17.6 Å². The van der Waals surface area contributed by atoms with Gasteiger partial charge in [0.25, 0.3) is 0 Å². The molecule has 86 valence electrons. The van der Waals surface area contributed by atoms with Gasteiger partial charge in [0.1, 0.15) is 5.82 Å². The van der Waals surface area contributed by atoms with Crippen LogP contribution in [-0.4, -0.2) is 18.4 Å². The Morgan fingerprint density at radius 1 is 1.50 bits per heavy atom. The fraction of sp³-hybridized carbons (Fsp3) is 0.200. The molecule has 0 aliphatic rings. The van der Waals surface area contributed by atoms with Crippen LogP contribution < -0.4 is 16.4 Å². The zero-order valence-electron chi connectivity index (χ0n) is 8.59. The topological polar surface area (TPSA) is 91.0 Å². The maximum absolute atomic E-state index is 12.8. The third kappa shape index (κ3) is 4.41. The summed E-state index contributed by atoms with van der Waals surface area (Å²) in [6.45, 7) is 0.274. The molecule has 0 atom stereocenters. The number of hydrogen-bond acceptors (Lipinski definition) is 2. The van der Waals surface area contributed by atoms with Gasteiger partial charge in [0.2, 0.25) is 0 Å². The van der Waals surface area contributed by atoms with Crippen LogP contribution in [-0.2, 0) is 0 Å². The van der Waals surface area contributed by atoms with E-state index in [9.17, 15) is 9.18 Å². The molecule has 0 bridgehead atoms. The minimum atomic E-state index is -0.452. The molecule has 1 aromatic carbocycles. The largest absolute Gasteiger partial charge is 0.388 e. The van der Waals surface area contributed by atoms with Crippen molar-refractivity contribution in [2.24, 2.45) is 5.73 Å². The second kappa shape index (κ2) is 5.69. The number of carbonyl (C=O) groups excluding carboxylic acids is 1. The van der Waals surface area contributed by atoms with Gasteiger partial charge in [-0.25, -0.2) is 9.18 Å². The molecule has 0 spiro atoms. The van der Waals surface area contributed by atoms with Gasteiger partial charge in [-0.2, -0.15) is 0 Å². The van der Waals surface area contributed by atoms with Crippen molar-refractivity contribution in [3.63, 3.8) is 0 Å². The number of nitrogens with one attached hydrogen (secondary N) is 3. The molecule has 0 aliphatic carbocycles. The molecule has 5 nitrogen and oxygen atoms in total. The average molecular weight is 224 g/mol. The van der Waals surface area contributed by atoms with E-state index < -0.39 is 11.8 Å². The second-order valence-electron chi connectivity index (χ2n) is 3.17. The highest BCUT2D eigenvalue weighted by atomic mass is 19.1. The highest BCUT2D eigenvalue weighted by Crippen LogP contribution is 2.08. The summed E-state index contributed by atoms with van der Waals surface area (Å²) in [5.41, 5.74) is 5.49. The first-order valence-electron chi connectivity index (χ1n) is 4.71. The van der Waals surface area contributed by atoms with Crippen molar-refractivity contribution in [1.29, 1.82) is 5.41 Å². The number of carbonyl (C=O) groups is 1. The predicted molar refractivity (Wildman–Crippen MR) is 60.0 cm³/mol. The molecule has 0 fully saturated rings. The first-order valence-corrected chi connectivity index (χ1v) is 4.71. The highest BCUT2D eigenvalue weighted by Gasteiger charge is 2.01. The lowest BCUT2D eigenvalue weighted by Crippen LogP contribution is -2.31. The molecule has 16 heavy (non-hydrogen) atoms. The molecule has 0 unspecified atom stereocenters. The maximum atomic E-state index is 12.8. The Balaban J connectivity index is 2.37. The van der Waals surface area contributed by atoms with Crippen LogP contribution in [0.3, 0.4) is 0 Å². The van der Waals surface area contributed by atoms with Gasteiger partial charge in [0.05, 0.1) is 5.84 Å². The number of urea groups is 1. The fourth-order valence-corrected chi connectivity index (χ4v) is 1.05. The Labute approximate surface area is 92.3 Å². The Kier molecular flexibility index (Phi) is 4.26. The van der Waals surface area contributed by atoms with Crippen molar-refractivity contribution in [3.8, 4) is 0 Å². The van der Waals surface area contributed by atoms with Crippen LogP contribution >= 0.6 is 0 Å². The number of nitrogens with two attached hydrogens (primary N) is 1. The smallest absolute Gasteiger partial charge is 0.319 e. The number of amidine groups is 1. The number of amides is 2. The number of benzene rings is 1. The lowest BCUT2D eigenvalue weighted by atomic mass is 10.3. The van der Waals surface area contributed by atoms with E-state index in [2.05, 4.69) is 10.6 Å². The van der Waals surface area contributed by atoms with Crippen LogP contribution in [0.5, 0.6) is 0 Å². The van der Waals surface area contributed by atoms with Crippen LogP contribution in [0.25, 0.3) is 0 Å². The van der Waals surface area contributed by atoms with Gasteiger partial charge >= 0.3 is 6.03 Å². The SMILES string of the molecule is N=C(N)CCNC(=O)Nc1cccc(F)c1. The fourth-order valence-electron chi connectivity index (χ4n) is 1.05. The molecule has 2 amide bonds. The van der Waals surface area contributed by atoms with Gasteiger partial charge in [0, 0.05) is 18.7 Å². The third-order valence-corrected chi connectivity index (χ3v) is 1.76. The Hall–Kier alpha value is -2.11. The summed E-state index contributed by atoms with van der Waals surface area (Å²) >= 11 is 0. The number of hydrogen-bond donors (Lipinski definition) is 4. The summed E-state index contributed by atoms with van der Waals surface area (Å²) < 4.78 is 12.8. The van der Waals surface area contributed by atoms with Crippen molar-refractivity contribution in [2.75, 3.05) is 11.9 Å². The van der Waals surface area contributed by atoms with Crippen molar-refractivity contribution in [1.82, 2.24) is 5.32 Å². The third-order valence-electron chi connectivity index (χ3n) is 1.76. The zero-order chi connectivity index (χ0) is 12.0. The van der Waals surface area contributed by atoms with Crippen molar-refractivity contribution in [3.05, 3.63) is 30.1 Å². The van der Waals surface area contributed by atoms with Gasteiger partial charge in [-0.1, -0.05) is 6.07 Å². The van der Waals surface area contributed by atoms with Crippen molar-refractivity contribution in [2.45, 2.75) is 6.42 Å². The van der Waals surface area contributed by atoms with E-state index in [-0.39, 0.29) is 18.8 Å². The standard InChI is InChI=1S/C10H13FN4O/c11-7-2-1-3-8(6-7)15-10(16)14-5-4-9(12)13/h1-3,6H,4-5H2,(H3,12,13)(H2,14,15,16). The first-order chi connectivity index (χ1) is 7.58. The minimum absolute atomic E-state index is 0.00561. The molecule has 6 heteroatoms. The summed E-state index contributed by atoms with van der Waals surface area (Å²) in [4.78, 5) is 11.2. The molecule has 5 N–H and O–H groups in total. The molecular weight excluding hydrogens is 211 g/mol. The van der Waals surface area contributed by atoms with E-state index >= 15 is 0 Å². The lowest BCUT2D eigenvalue weighted by molar-refractivity contribution is 0.252. The monoisotopic (exact) mass is 224 g/mol. The van der Waals surface area contributed by atoms with E-state index in [0.717, 1.165) is 0 Å². The van der Waals surface area contributed by atoms with Crippen LogP contribution in [0.2, 0.25) is 0 Å². The number of anilines is 1. The van der Waals surface area contributed by atoms with Gasteiger partial charge < -0.3 is 16.4 Å². The first kappa shape index (κ1) is 12.0. The van der Waals surface area contributed by atoms with Crippen LogP contribution in [0.1, 0.15) is 6.42 Å². The average Bonchev–Trinajstić information content (AvgIpc) is 2.16. The predicted octanol–water partition coefficient (Wildman–Crippen LogP) is 1.27. The molecule has 0 aromatic heterocycles. The van der Waals surface area contributed by atoms with E-state index in [1.54, 1.807) is 6.07 Å². The molecule has 1 rings (SSSR count). The number of halogens is 1. The lowest BCUT2D eigenvalue weighted by Gasteiger charge is -2.06. The van der Waals surface area contributed by atoms with Gasteiger partial charge in [-0.3, -0.25) is 5.41 Å². The summed E-state index contributed by atoms with van der Waals surface area (Å²) in [5.74, 6) is -0.410. The van der Waals surface area contributed by atoms with E-state index in [1.165, 1.54) is 18.2 Å². The Morgan fingerprint density at radius 2 is 2.25 bits per heavy atom. The molecule has 0 heterocycles. The summed E-state index contributed by atoms with van der Waals surface area (Å²) in [7, 11) is 0. The van der Waals surface area contributed by atoms with Gasteiger partial charge in [0.15, 0.2) is 0 Å². The summed E-state index contributed by atoms with van der Waals surface area (Å²) in [6.07, 6.45) is 0.288. The zero-order valence-corrected chi connectivity index (χ0v) is 8.59. The molecule has 0 radical (unpaired) electrons. The molecule has 1 aromatic rings. The summed E-state index contributed by atoms with van der Waals surface area (Å²) in [5, 5.41) is 11.9. The van der Waals surface area contributed by atoms with E-state index in [0.29, 0.717) is 5.69 Å². The Bertz CT molecular complexity index is 394. The summed E-state index contributed by atoms with van der Waals surface area (Å²) in [6, 6.07) is 5.13. The van der Waals surface area contributed by atoms with E-state index in [4.69, 9.17) is 11.1 Å². The highest BCUT2D eigenvalue weighted by molar-refractivity contribution is 5.89. The van der Waals surface area contributed by atoms with Crippen LogP contribution in [0.15, 0.2) is 24.3 Å². The van der Waals surface area contributed by atoms with E-state index in [1.807, 2.05) is 0 Å². The molecule has 0 saturated heterocycles. The molecular formula is C10H13FN4O.